The molecule has 2 rings (SSSR count). The van der Waals surface area contributed by atoms with Crippen molar-refractivity contribution in [3.8, 4) is 17.9 Å². The lowest BCUT2D eigenvalue weighted by Crippen LogP contribution is -2.14. The molecule has 98 valence electrons. The molecule has 2 aromatic rings. The predicted octanol–water partition coefficient (Wildman–Crippen LogP) is 0.952. The van der Waals surface area contributed by atoms with E-state index in [0.717, 1.165) is 0 Å². The Morgan fingerprint density at radius 1 is 1.53 bits per heavy atom. The van der Waals surface area contributed by atoms with Crippen LogP contribution in [0.1, 0.15) is 31.3 Å². The number of nitrogens with zero attached hydrogens (tertiary/aromatic N) is 5. The van der Waals surface area contributed by atoms with Gasteiger partial charge in [0, 0.05) is 6.20 Å². The molecule has 7 heteroatoms. The highest BCUT2D eigenvalue weighted by atomic mass is 16.5. The number of nitriles is 1. The van der Waals surface area contributed by atoms with Crippen LogP contribution in [-0.4, -0.2) is 26.4 Å². The van der Waals surface area contributed by atoms with Crippen molar-refractivity contribution in [3.63, 3.8) is 0 Å². The molecule has 2 heterocycles. The number of hydrogen-bond acceptors (Lipinski definition) is 6. The molecule has 19 heavy (non-hydrogen) atoms. The van der Waals surface area contributed by atoms with Crippen LogP contribution in [0, 0.1) is 11.3 Å². The monoisotopic (exact) mass is 258 g/mol. The summed E-state index contributed by atoms with van der Waals surface area (Å²) in [5.74, 6) is 1.10. The summed E-state index contributed by atoms with van der Waals surface area (Å²) in [6.07, 6.45) is 1.47. The van der Waals surface area contributed by atoms with Gasteiger partial charge in [0.15, 0.2) is 11.6 Å². The second-order valence-electron chi connectivity index (χ2n) is 3.90. The van der Waals surface area contributed by atoms with Crippen molar-refractivity contribution in [2.24, 2.45) is 5.73 Å². The van der Waals surface area contributed by atoms with Crippen molar-refractivity contribution in [2.45, 2.75) is 19.9 Å². The zero-order chi connectivity index (χ0) is 13.8. The van der Waals surface area contributed by atoms with Crippen molar-refractivity contribution >= 4 is 0 Å². The van der Waals surface area contributed by atoms with Gasteiger partial charge in [-0.15, -0.1) is 5.10 Å². The lowest BCUT2D eigenvalue weighted by molar-refractivity contribution is 0.312. The highest BCUT2D eigenvalue weighted by Crippen LogP contribution is 2.16. The molecule has 7 nitrogen and oxygen atoms in total. The minimum absolute atomic E-state index is 0.265. The van der Waals surface area contributed by atoms with Gasteiger partial charge in [-0.05, 0) is 26.0 Å². The van der Waals surface area contributed by atoms with E-state index >= 15 is 0 Å². The van der Waals surface area contributed by atoms with Crippen LogP contribution in [0.15, 0.2) is 18.3 Å². The van der Waals surface area contributed by atoms with Gasteiger partial charge in [-0.2, -0.15) is 14.9 Å². The van der Waals surface area contributed by atoms with E-state index < -0.39 is 0 Å². The normalized spacial score (nSPS) is 11.9. The Labute approximate surface area is 110 Å². The molecule has 2 N–H and O–H groups in total. The van der Waals surface area contributed by atoms with Crippen molar-refractivity contribution < 1.29 is 4.74 Å². The van der Waals surface area contributed by atoms with Gasteiger partial charge >= 0.3 is 6.01 Å². The van der Waals surface area contributed by atoms with Gasteiger partial charge in [-0.25, -0.2) is 4.98 Å². The molecule has 0 amide bonds. The number of pyridine rings is 1. The van der Waals surface area contributed by atoms with E-state index in [9.17, 15) is 0 Å². The van der Waals surface area contributed by atoms with E-state index in [2.05, 4.69) is 15.1 Å². The summed E-state index contributed by atoms with van der Waals surface area (Å²) in [5, 5.41) is 13.0. The SMILES string of the molecule is CCOc1nc([C@@H](C)N)n(-c2ccc(C#N)cn2)n1. The highest BCUT2D eigenvalue weighted by Gasteiger charge is 2.16. The van der Waals surface area contributed by atoms with E-state index in [1.165, 1.54) is 10.9 Å². The summed E-state index contributed by atoms with van der Waals surface area (Å²) in [6, 6.07) is 5.32. The highest BCUT2D eigenvalue weighted by molar-refractivity contribution is 5.32. The summed E-state index contributed by atoms with van der Waals surface area (Å²) in [7, 11) is 0. The third-order valence-corrected chi connectivity index (χ3v) is 2.39. The van der Waals surface area contributed by atoms with Gasteiger partial charge in [-0.1, -0.05) is 0 Å². The van der Waals surface area contributed by atoms with Crippen LogP contribution in [-0.2, 0) is 0 Å². The third kappa shape index (κ3) is 2.69. The van der Waals surface area contributed by atoms with Crippen molar-refractivity contribution in [3.05, 3.63) is 29.7 Å². The lowest BCUT2D eigenvalue weighted by atomic mass is 10.3. The van der Waals surface area contributed by atoms with Crippen LogP contribution < -0.4 is 10.5 Å². The predicted molar refractivity (Wildman–Crippen MR) is 67.6 cm³/mol. The number of ether oxygens (including phenoxy) is 1. The lowest BCUT2D eigenvalue weighted by Gasteiger charge is -2.06. The number of rotatable bonds is 4. The minimum Gasteiger partial charge on any atom is -0.463 e. The fourth-order valence-corrected chi connectivity index (χ4v) is 1.54. The second kappa shape index (κ2) is 5.46. The zero-order valence-corrected chi connectivity index (χ0v) is 10.7. The van der Waals surface area contributed by atoms with Crippen LogP contribution in [0.5, 0.6) is 6.01 Å². The molecule has 0 aliphatic heterocycles. The Morgan fingerprint density at radius 3 is 2.84 bits per heavy atom. The molecule has 0 unspecified atom stereocenters. The molecule has 0 aromatic carbocycles. The molecule has 0 aliphatic carbocycles. The molecule has 0 aliphatic rings. The maximum Gasteiger partial charge on any atom is 0.336 e. The molecular formula is C12H14N6O. The van der Waals surface area contributed by atoms with Crippen LogP contribution in [0.25, 0.3) is 5.82 Å². The summed E-state index contributed by atoms with van der Waals surface area (Å²) in [5.41, 5.74) is 6.34. The molecule has 1 atom stereocenters. The summed E-state index contributed by atoms with van der Waals surface area (Å²) in [4.78, 5) is 8.38. The molecule has 0 fully saturated rings. The van der Waals surface area contributed by atoms with Crippen LogP contribution in [0.3, 0.4) is 0 Å². The van der Waals surface area contributed by atoms with E-state index in [1.807, 2.05) is 13.0 Å². The first-order valence-corrected chi connectivity index (χ1v) is 5.87. The second-order valence-corrected chi connectivity index (χ2v) is 3.90. The molecule has 0 bridgehead atoms. The van der Waals surface area contributed by atoms with Gasteiger partial charge in [0.1, 0.15) is 6.07 Å². The smallest absolute Gasteiger partial charge is 0.336 e. The molecule has 0 saturated carbocycles. The fraction of sp³-hybridized carbons (Fsp3) is 0.333. The minimum atomic E-state index is -0.306. The van der Waals surface area contributed by atoms with E-state index in [4.69, 9.17) is 15.7 Å². The zero-order valence-electron chi connectivity index (χ0n) is 10.7. The summed E-state index contributed by atoms with van der Waals surface area (Å²) < 4.78 is 6.79. The van der Waals surface area contributed by atoms with Crippen molar-refractivity contribution in [1.82, 2.24) is 19.7 Å². The van der Waals surface area contributed by atoms with Gasteiger partial charge < -0.3 is 10.5 Å². The number of nitrogens with two attached hydrogens (primary N) is 1. The maximum absolute atomic E-state index is 8.75. The van der Waals surface area contributed by atoms with E-state index in [-0.39, 0.29) is 12.1 Å². The van der Waals surface area contributed by atoms with Gasteiger partial charge in [0.05, 0.1) is 18.2 Å². The van der Waals surface area contributed by atoms with Gasteiger partial charge in [0.2, 0.25) is 0 Å². The Bertz CT molecular complexity index is 596. The van der Waals surface area contributed by atoms with Crippen LogP contribution in [0.4, 0.5) is 0 Å². The van der Waals surface area contributed by atoms with Gasteiger partial charge in [0.25, 0.3) is 0 Å². The Balaban J connectivity index is 2.44. The van der Waals surface area contributed by atoms with Crippen molar-refractivity contribution in [1.29, 1.82) is 5.26 Å². The number of hydrogen-bond donors (Lipinski definition) is 1. The molecule has 0 saturated heterocycles. The van der Waals surface area contributed by atoms with E-state index in [1.54, 1.807) is 19.1 Å². The van der Waals surface area contributed by atoms with Crippen LogP contribution in [0.2, 0.25) is 0 Å². The topological polar surface area (TPSA) is 103 Å². The summed E-state index contributed by atoms with van der Waals surface area (Å²) >= 11 is 0. The first-order valence-electron chi connectivity index (χ1n) is 5.87. The van der Waals surface area contributed by atoms with Crippen molar-refractivity contribution in [2.75, 3.05) is 6.61 Å². The molecular weight excluding hydrogens is 244 g/mol. The summed E-state index contributed by atoms with van der Waals surface area (Å²) in [6.45, 7) is 4.13. The first kappa shape index (κ1) is 13.0. The Kier molecular flexibility index (Phi) is 3.73. The standard InChI is InChI=1S/C12H14N6O/c1-3-19-12-16-11(8(2)14)18(17-12)10-5-4-9(6-13)7-15-10/h4-5,7-8H,3,14H2,1-2H3/t8-/m1/s1. The molecule has 2 aromatic heterocycles. The van der Waals surface area contributed by atoms with Gasteiger partial charge in [-0.3, -0.25) is 0 Å². The number of aromatic nitrogens is 4. The Morgan fingerprint density at radius 2 is 2.32 bits per heavy atom. The van der Waals surface area contributed by atoms with E-state index in [0.29, 0.717) is 23.8 Å². The average molecular weight is 258 g/mol. The largest absolute Gasteiger partial charge is 0.463 e. The third-order valence-electron chi connectivity index (χ3n) is 2.39. The maximum atomic E-state index is 8.75. The molecule has 0 radical (unpaired) electrons. The fourth-order valence-electron chi connectivity index (χ4n) is 1.54. The quantitative estimate of drug-likeness (QED) is 0.875. The average Bonchev–Trinajstić information content (AvgIpc) is 2.83. The Hall–Kier alpha value is -2.46. The first-order chi connectivity index (χ1) is 9.15. The molecule has 0 spiro atoms. The van der Waals surface area contributed by atoms with Crippen LogP contribution >= 0.6 is 0 Å².